The topological polar surface area (TPSA) is 125 Å². The molecule has 2 fully saturated rings. The number of nitrogens with one attached hydrogen (secondary N) is 2. The van der Waals surface area contributed by atoms with Crippen molar-refractivity contribution in [3.05, 3.63) is 59.7 Å². The molecule has 2 aromatic carbocycles. The number of carboxylic acid groups (broad SMARTS) is 1. The van der Waals surface area contributed by atoms with Crippen LogP contribution in [0.2, 0.25) is 0 Å². The third-order valence-electron chi connectivity index (χ3n) is 7.31. The van der Waals surface area contributed by atoms with Crippen LogP contribution in [0.3, 0.4) is 0 Å². The van der Waals surface area contributed by atoms with Crippen molar-refractivity contribution < 1.29 is 29.0 Å². The van der Waals surface area contributed by atoms with Gasteiger partial charge in [-0.3, -0.25) is 14.4 Å². The SMILES string of the molecule is O=C(CNC(=O)OCC1c2ccccc2-c2ccccc21)NCC(=O)N1CC[C@H]2C(C(=O)O)[C@H]2C1. The average Bonchev–Trinajstić information content (AvgIpc) is 3.52. The van der Waals surface area contributed by atoms with Crippen LogP contribution >= 0.6 is 0 Å². The first-order valence-corrected chi connectivity index (χ1v) is 11.8. The quantitative estimate of drug-likeness (QED) is 0.559. The van der Waals surface area contributed by atoms with Crippen molar-refractivity contribution in [2.45, 2.75) is 12.3 Å². The molecule has 1 saturated heterocycles. The summed E-state index contributed by atoms with van der Waals surface area (Å²) in [5.41, 5.74) is 4.46. The summed E-state index contributed by atoms with van der Waals surface area (Å²) in [7, 11) is 0. The van der Waals surface area contributed by atoms with E-state index in [0.29, 0.717) is 19.5 Å². The Balaban J connectivity index is 1.04. The number of piperidine rings is 1. The van der Waals surface area contributed by atoms with Crippen LogP contribution in [0, 0.1) is 17.8 Å². The molecule has 5 rings (SSSR count). The van der Waals surface area contributed by atoms with Crippen molar-refractivity contribution in [2.75, 3.05) is 32.8 Å². The lowest BCUT2D eigenvalue weighted by Crippen LogP contribution is -2.45. The first-order valence-electron chi connectivity index (χ1n) is 11.8. The maximum Gasteiger partial charge on any atom is 0.407 e. The van der Waals surface area contributed by atoms with E-state index in [1.54, 1.807) is 4.90 Å². The van der Waals surface area contributed by atoms with Crippen molar-refractivity contribution in [3.63, 3.8) is 0 Å². The fourth-order valence-electron chi connectivity index (χ4n) is 5.48. The maximum absolute atomic E-state index is 12.4. The molecule has 9 heteroatoms. The number of likely N-dealkylation sites (tertiary alicyclic amines) is 1. The molecule has 3 amide bonds. The molecule has 1 unspecified atom stereocenters. The number of nitrogens with zero attached hydrogens (tertiary/aromatic N) is 1. The van der Waals surface area contributed by atoms with E-state index in [1.807, 2.05) is 36.4 Å². The van der Waals surface area contributed by atoms with Crippen LogP contribution < -0.4 is 10.6 Å². The highest BCUT2D eigenvalue weighted by Crippen LogP contribution is 2.51. The minimum Gasteiger partial charge on any atom is -0.481 e. The molecule has 3 atom stereocenters. The second-order valence-electron chi connectivity index (χ2n) is 9.28. The summed E-state index contributed by atoms with van der Waals surface area (Å²) in [6.07, 6.45) is -0.0335. The highest BCUT2D eigenvalue weighted by Gasteiger charge is 2.57. The second kappa shape index (κ2) is 9.40. The molecule has 3 N–H and O–H groups in total. The fraction of sp³-hybridized carbons (Fsp3) is 0.385. The zero-order chi connectivity index (χ0) is 24.5. The number of ether oxygens (including phenoxy) is 1. The largest absolute Gasteiger partial charge is 0.481 e. The number of aliphatic carboxylic acids is 1. The van der Waals surface area contributed by atoms with Gasteiger partial charge in [-0.1, -0.05) is 48.5 Å². The van der Waals surface area contributed by atoms with Crippen LogP contribution in [0.1, 0.15) is 23.5 Å². The van der Waals surface area contributed by atoms with Crippen LogP contribution in [0.15, 0.2) is 48.5 Å². The predicted molar refractivity (Wildman–Crippen MR) is 125 cm³/mol. The number of carbonyl (C=O) groups is 4. The average molecular weight is 478 g/mol. The second-order valence-corrected chi connectivity index (χ2v) is 9.28. The monoisotopic (exact) mass is 477 g/mol. The first-order chi connectivity index (χ1) is 16.9. The van der Waals surface area contributed by atoms with Crippen molar-refractivity contribution in [2.24, 2.45) is 17.8 Å². The Morgan fingerprint density at radius 1 is 0.914 bits per heavy atom. The summed E-state index contributed by atoms with van der Waals surface area (Å²) in [5, 5.41) is 14.1. The van der Waals surface area contributed by atoms with E-state index in [4.69, 9.17) is 4.74 Å². The number of alkyl carbamates (subject to hydrolysis) is 1. The van der Waals surface area contributed by atoms with E-state index in [0.717, 1.165) is 22.3 Å². The van der Waals surface area contributed by atoms with Gasteiger partial charge in [0.15, 0.2) is 0 Å². The van der Waals surface area contributed by atoms with Gasteiger partial charge in [0.25, 0.3) is 0 Å². The number of hydrogen-bond acceptors (Lipinski definition) is 5. The van der Waals surface area contributed by atoms with Gasteiger partial charge in [-0.05, 0) is 40.5 Å². The predicted octanol–water partition coefficient (Wildman–Crippen LogP) is 1.82. The van der Waals surface area contributed by atoms with Gasteiger partial charge in [0.1, 0.15) is 13.2 Å². The van der Waals surface area contributed by atoms with Gasteiger partial charge in [-0.2, -0.15) is 0 Å². The zero-order valence-corrected chi connectivity index (χ0v) is 19.1. The highest BCUT2D eigenvalue weighted by atomic mass is 16.5. The van der Waals surface area contributed by atoms with Gasteiger partial charge in [0, 0.05) is 19.0 Å². The molecule has 1 heterocycles. The number of benzene rings is 2. The molecule has 0 spiro atoms. The van der Waals surface area contributed by atoms with Crippen LogP contribution in [0.5, 0.6) is 0 Å². The molecule has 9 nitrogen and oxygen atoms in total. The van der Waals surface area contributed by atoms with Crippen molar-refractivity contribution in [3.8, 4) is 11.1 Å². The molecule has 0 bridgehead atoms. The van der Waals surface area contributed by atoms with Gasteiger partial charge in [-0.15, -0.1) is 0 Å². The summed E-state index contributed by atoms with van der Waals surface area (Å²) in [4.78, 5) is 49.5. The van der Waals surface area contributed by atoms with Crippen molar-refractivity contribution >= 4 is 23.9 Å². The number of rotatable bonds is 7. The van der Waals surface area contributed by atoms with Gasteiger partial charge < -0.3 is 25.4 Å². The Kier molecular flexibility index (Phi) is 6.15. The van der Waals surface area contributed by atoms with E-state index in [-0.39, 0.29) is 49.3 Å². The normalized spacial score (nSPS) is 21.8. The highest BCUT2D eigenvalue weighted by molar-refractivity contribution is 5.87. The standard InChI is InChI=1S/C26H27N3O6/c30-22(27-12-23(31)29-10-9-19-20(13-29)24(19)25(32)33)11-28-26(34)35-14-21-17-7-3-1-5-15(17)16-6-2-4-8-18(16)21/h1-8,19-21,24H,9-14H2,(H,27,30)(H,28,34)(H,32,33)/t19-,20+,24?/m1/s1. The summed E-state index contributed by atoms with van der Waals surface area (Å²) >= 11 is 0. The van der Waals surface area contributed by atoms with Crippen LogP contribution in [0.4, 0.5) is 4.79 Å². The molecule has 35 heavy (non-hydrogen) atoms. The van der Waals surface area contributed by atoms with Crippen LogP contribution in [-0.2, 0) is 19.1 Å². The number of carboxylic acids is 1. The Hall–Kier alpha value is -3.88. The van der Waals surface area contributed by atoms with E-state index in [9.17, 15) is 24.3 Å². The fourth-order valence-corrected chi connectivity index (χ4v) is 5.48. The van der Waals surface area contributed by atoms with Crippen molar-refractivity contribution in [1.82, 2.24) is 15.5 Å². The number of amides is 3. The molecule has 0 radical (unpaired) electrons. The molecular formula is C26H27N3O6. The molecule has 2 aliphatic carbocycles. The first kappa shape index (κ1) is 22.9. The van der Waals surface area contributed by atoms with Crippen LogP contribution in [-0.4, -0.2) is 66.7 Å². The van der Waals surface area contributed by atoms with E-state index < -0.39 is 18.0 Å². The maximum atomic E-state index is 12.4. The van der Waals surface area contributed by atoms with Crippen LogP contribution in [0.25, 0.3) is 11.1 Å². The molecule has 3 aliphatic rings. The van der Waals surface area contributed by atoms with Gasteiger partial charge >= 0.3 is 12.1 Å². The molecule has 1 aliphatic heterocycles. The number of carbonyl (C=O) groups excluding carboxylic acids is 3. The van der Waals surface area contributed by atoms with Gasteiger partial charge in [0.2, 0.25) is 11.8 Å². The molecule has 182 valence electrons. The summed E-state index contributed by atoms with van der Waals surface area (Å²) in [5.74, 6) is -1.82. The Morgan fingerprint density at radius 2 is 1.57 bits per heavy atom. The Labute approximate surface area is 202 Å². The molecule has 0 aromatic heterocycles. The molecular weight excluding hydrogens is 450 g/mol. The Morgan fingerprint density at radius 3 is 2.23 bits per heavy atom. The lowest BCUT2D eigenvalue weighted by Gasteiger charge is -2.26. The minimum absolute atomic E-state index is 0.0103. The smallest absolute Gasteiger partial charge is 0.407 e. The number of fused-ring (bicyclic) bond motifs is 4. The minimum atomic E-state index is -0.804. The summed E-state index contributed by atoms with van der Waals surface area (Å²) in [6.45, 7) is 0.552. The summed E-state index contributed by atoms with van der Waals surface area (Å²) < 4.78 is 5.40. The molecule has 1 saturated carbocycles. The molecule has 2 aromatic rings. The third kappa shape index (κ3) is 4.58. The van der Waals surface area contributed by atoms with E-state index >= 15 is 0 Å². The van der Waals surface area contributed by atoms with E-state index in [2.05, 4.69) is 22.8 Å². The van der Waals surface area contributed by atoms with E-state index in [1.165, 1.54) is 0 Å². The Bertz CT molecular complexity index is 1140. The lowest BCUT2D eigenvalue weighted by atomic mass is 9.98. The third-order valence-corrected chi connectivity index (χ3v) is 7.31. The van der Waals surface area contributed by atoms with Crippen molar-refractivity contribution in [1.29, 1.82) is 0 Å². The van der Waals surface area contributed by atoms with Gasteiger partial charge in [-0.25, -0.2) is 4.79 Å². The van der Waals surface area contributed by atoms with Gasteiger partial charge in [0.05, 0.1) is 12.5 Å². The number of hydrogen-bond donors (Lipinski definition) is 3. The lowest BCUT2D eigenvalue weighted by molar-refractivity contribution is -0.139. The zero-order valence-electron chi connectivity index (χ0n) is 19.1. The summed E-state index contributed by atoms with van der Waals surface area (Å²) in [6, 6.07) is 16.0.